The smallest absolute Gasteiger partial charge is 0.147 e. The van der Waals surface area contributed by atoms with E-state index in [1.54, 1.807) is 31.5 Å². The molecule has 0 fully saturated rings. The maximum absolute atomic E-state index is 14.2. The number of pyridine rings is 1. The van der Waals surface area contributed by atoms with E-state index in [9.17, 15) is 9.50 Å². The van der Waals surface area contributed by atoms with Crippen LogP contribution >= 0.6 is 12.4 Å². The zero-order valence-electron chi connectivity index (χ0n) is 15.5. The van der Waals surface area contributed by atoms with Gasteiger partial charge in [-0.15, -0.1) is 12.4 Å². The summed E-state index contributed by atoms with van der Waals surface area (Å²) in [5, 5.41) is 13.5. The fourth-order valence-corrected chi connectivity index (χ4v) is 2.76. The lowest BCUT2D eigenvalue weighted by Crippen LogP contribution is -1.99. The zero-order valence-corrected chi connectivity index (χ0v) is 16.3. The van der Waals surface area contributed by atoms with Crippen LogP contribution in [-0.4, -0.2) is 20.1 Å². The van der Waals surface area contributed by atoms with Crippen molar-refractivity contribution in [1.82, 2.24) is 15.0 Å². The number of ether oxygens (including phenoxy) is 1. The monoisotopic (exact) mass is 412 g/mol. The Morgan fingerprint density at radius 1 is 1.07 bits per heavy atom. The van der Waals surface area contributed by atoms with Gasteiger partial charge in [-0.1, -0.05) is 0 Å². The van der Waals surface area contributed by atoms with E-state index in [2.05, 4.69) is 20.3 Å². The number of phenols is 1. The van der Waals surface area contributed by atoms with Crippen molar-refractivity contribution < 1.29 is 14.2 Å². The van der Waals surface area contributed by atoms with Gasteiger partial charge in [-0.3, -0.25) is 4.98 Å². The highest BCUT2D eigenvalue weighted by atomic mass is 35.5. The van der Waals surface area contributed by atoms with E-state index in [1.807, 2.05) is 18.2 Å². The van der Waals surface area contributed by atoms with Gasteiger partial charge in [0.25, 0.3) is 0 Å². The van der Waals surface area contributed by atoms with Crippen LogP contribution in [-0.2, 0) is 6.61 Å². The molecule has 8 heteroatoms. The summed E-state index contributed by atoms with van der Waals surface area (Å²) >= 11 is 0. The maximum Gasteiger partial charge on any atom is 0.147 e. The first kappa shape index (κ1) is 20.3. The molecule has 0 aliphatic rings. The van der Waals surface area contributed by atoms with Gasteiger partial charge in [0.2, 0.25) is 0 Å². The van der Waals surface area contributed by atoms with E-state index in [0.717, 1.165) is 5.56 Å². The van der Waals surface area contributed by atoms with Crippen molar-refractivity contribution >= 4 is 34.8 Å². The van der Waals surface area contributed by atoms with Crippen LogP contribution in [0.25, 0.3) is 10.9 Å². The normalized spacial score (nSPS) is 10.4. The molecule has 0 aliphatic carbocycles. The number of anilines is 2. The molecule has 0 bridgehead atoms. The van der Waals surface area contributed by atoms with E-state index >= 15 is 0 Å². The summed E-state index contributed by atoms with van der Waals surface area (Å²) in [5.74, 6) is 0.634. The number of hydrogen-bond acceptors (Lipinski definition) is 6. The molecule has 0 atom stereocenters. The molecule has 148 valence electrons. The van der Waals surface area contributed by atoms with Crippen molar-refractivity contribution in [3.8, 4) is 11.5 Å². The van der Waals surface area contributed by atoms with Gasteiger partial charge in [0.05, 0.1) is 11.2 Å². The predicted octanol–water partition coefficient (Wildman–Crippen LogP) is 4.92. The average molecular weight is 413 g/mol. The topological polar surface area (TPSA) is 80.2 Å². The van der Waals surface area contributed by atoms with Gasteiger partial charge in [0.1, 0.15) is 36.1 Å². The molecule has 0 spiro atoms. The number of nitrogens with one attached hydrogen (secondary N) is 1. The second-order valence-electron chi connectivity index (χ2n) is 6.29. The third kappa shape index (κ3) is 4.52. The quantitative estimate of drug-likeness (QED) is 0.484. The number of aromatic hydroxyl groups is 1. The first-order valence-electron chi connectivity index (χ1n) is 8.63. The summed E-state index contributed by atoms with van der Waals surface area (Å²) in [4.78, 5) is 12.4. The lowest BCUT2D eigenvalue weighted by Gasteiger charge is -2.12. The van der Waals surface area contributed by atoms with Crippen LogP contribution in [0, 0.1) is 12.7 Å². The molecule has 0 unspecified atom stereocenters. The fourth-order valence-electron chi connectivity index (χ4n) is 2.76. The highest BCUT2D eigenvalue weighted by Crippen LogP contribution is 2.30. The number of nitrogens with zero attached hydrogens (tertiary/aromatic N) is 3. The Bertz CT molecular complexity index is 1140. The van der Waals surface area contributed by atoms with Gasteiger partial charge >= 0.3 is 0 Å². The Balaban J connectivity index is 0.00000240. The SMILES string of the molecule is Cc1cc(F)c(Nc2ncnc3cc(OCc4ccncc4)ccc23)cc1O.Cl. The molecule has 4 rings (SSSR count). The Hall–Kier alpha value is -3.45. The van der Waals surface area contributed by atoms with Crippen LogP contribution in [0.2, 0.25) is 0 Å². The van der Waals surface area contributed by atoms with Gasteiger partial charge in [0.15, 0.2) is 0 Å². The molecule has 0 saturated carbocycles. The minimum atomic E-state index is -0.473. The second kappa shape index (κ2) is 8.70. The van der Waals surface area contributed by atoms with Gasteiger partial charge in [-0.25, -0.2) is 14.4 Å². The minimum Gasteiger partial charge on any atom is -0.508 e. The van der Waals surface area contributed by atoms with E-state index in [1.165, 1.54) is 18.5 Å². The van der Waals surface area contributed by atoms with E-state index < -0.39 is 5.82 Å². The molecule has 0 radical (unpaired) electrons. The molecule has 0 saturated heterocycles. The van der Waals surface area contributed by atoms with Gasteiger partial charge in [-0.05, 0) is 48.4 Å². The summed E-state index contributed by atoms with van der Waals surface area (Å²) in [6, 6.07) is 11.8. The standard InChI is InChI=1S/C21H17FN4O2.ClH/c1-13-8-17(22)19(10-20(13)27)26-21-16-3-2-15(9-18(16)24-12-25-21)28-11-14-4-6-23-7-5-14;/h2-10,12,27H,11H2,1H3,(H,24,25,26);1H. The molecule has 0 amide bonds. The lowest BCUT2D eigenvalue weighted by molar-refractivity contribution is 0.306. The Morgan fingerprint density at radius 2 is 1.86 bits per heavy atom. The molecule has 0 aliphatic heterocycles. The van der Waals surface area contributed by atoms with Crippen LogP contribution in [0.4, 0.5) is 15.9 Å². The van der Waals surface area contributed by atoms with Crippen molar-refractivity contribution in [2.24, 2.45) is 0 Å². The van der Waals surface area contributed by atoms with Crippen molar-refractivity contribution in [1.29, 1.82) is 0 Å². The Kier molecular flexibility index (Phi) is 6.09. The fraction of sp³-hybridized carbons (Fsp3) is 0.0952. The number of hydrogen-bond donors (Lipinski definition) is 2. The summed E-state index contributed by atoms with van der Waals surface area (Å²) in [5.41, 5.74) is 2.27. The third-order valence-corrected chi connectivity index (χ3v) is 4.30. The molecule has 2 aromatic heterocycles. The van der Waals surface area contributed by atoms with Crippen LogP contribution in [0.5, 0.6) is 11.5 Å². The number of benzene rings is 2. The van der Waals surface area contributed by atoms with Crippen molar-refractivity contribution in [3.63, 3.8) is 0 Å². The van der Waals surface area contributed by atoms with Crippen LogP contribution in [0.3, 0.4) is 0 Å². The molecule has 2 N–H and O–H groups in total. The Labute approximate surface area is 172 Å². The van der Waals surface area contributed by atoms with Gasteiger partial charge in [0, 0.05) is 29.9 Å². The van der Waals surface area contributed by atoms with Crippen LogP contribution in [0.15, 0.2) is 61.2 Å². The zero-order chi connectivity index (χ0) is 19.5. The predicted molar refractivity (Wildman–Crippen MR) is 111 cm³/mol. The minimum absolute atomic E-state index is 0. The summed E-state index contributed by atoms with van der Waals surface area (Å²) in [6.45, 7) is 2.05. The third-order valence-electron chi connectivity index (χ3n) is 4.30. The summed E-state index contributed by atoms with van der Waals surface area (Å²) < 4.78 is 20.0. The van der Waals surface area contributed by atoms with Gasteiger partial charge < -0.3 is 15.2 Å². The highest BCUT2D eigenvalue weighted by molar-refractivity contribution is 5.91. The molecule has 2 aromatic carbocycles. The Morgan fingerprint density at radius 3 is 2.66 bits per heavy atom. The first-order valence-corrected chi connectivity index (χ1v) is 8.63. The van der Waals surface area contributed by atoms with E-state index in [-0.39, 0.29) is 23.8 Å². The molecular weight excluding hydrogens is 395 g/mol. The number of aryl methyl sites for hydroxylation is 1. The molecule has 2 heterocycles. The van der Waals surface area contributed by atoms with E-state index in [0.29, 0.717) is 34.6 Å². The average Bonchev–Trinajstić information content (AvgIpc) is 2.71. The number of halogens is 2. The summed E-state index contributed by atoms with van der Waals surface area (Å²) in [6.07, 6.45) is 4.82. The highest BCUT2D eigenvalue weighted by Gasteiger charge is 2.11. The van der Waals surface area contributed by atoms with Crippen molar-refractivity contribution in [2.45, 2.75) is 13.5 Å². The van der Waals surface area contributed by atoms with Crippen LogP contribution < -0.4 is 10.1 Å². The molecule has 4 aromatic rings. The molecule has 6 nitrogen and oxygen atoms in total. The molecule has 29 heavy (non-hydrogen) atoms. The number of fused-ring (bicyclic) bond motifs is 1. The van der Waals surface area contributed by atoms with E-state index in [4.69, 9.17) is 4.74 Å². The molecular formula is C21H18ClFN4O2. The first-order chi connectivity index (χ1) is 13.6. The number of phenolic OH excluding ortho intramolecular Hbond substituents is 1. The largest absolute Gasteiger partial charge is 0.508 e. The number of rotatable bonds is 5. The van der Waals surface area contributed by atoms with Crippen LogP contribution in [0.1, 0.15) is 11.1 Å². The summed E-state index contributed by atoms with van der Waals surface area (Å²) in [7, 11) is 0. The lowest BCUT2D eigenvalue weighted by atomic mass is 10.2. The number of aromatic nitrogens is 3. The second-order valence-corrected chi connectivity index (χ2v) is 6.29. The van der Waals surface area contributed by atoms with Crippen molar-refractivity contribution in [2.75, 3.05) is 5.32 Å². The maximum atomic E-state index is 14.2. The van der Waals surface area contributed by atoms with Gasteiger partial charge in [-0.2, -0.15) is 0 Å². The van der Waals surface area contributed by atoms with Crippen molar-refractivity contribution in [3.05, 3.63) is 78.1 Å².